The number of rotatable bonds is 4. The molecular weight excluding hydrogens is 252 g/mol. The van der Waals surface area contributed by atoms with E-state index in [2.05, 4.69) is 33.3 Å². The van der Waals surface area contributed by atoms with Crippen molar-refractivity contribution in [3.63, 3.8) is 0 Å². The molecule has 0 saturated carbocycles. The average molecular weight is 272 g/mol. The fourth-order valence-corrected chi connectivity index (χ4v) is 1.86. The molecule has 6 nitrogen and oxygen atoms in total. The lowest BCUT2D eigenvalue weighted by molar-refractivity contribution is 0.932. The lowest BCUT2D eigenvalue weighted by Crippen LogP contribution is -2.20. The maximum atomic E-state index is 4.49. The van der Waals surface area contributed by atoms with Crippen molar-refractivity contribution in [2.24, 2.45) is 0 Å². The minimum absolute atomic E-state index is 0.555. The summed E-state index contributed by atoms with van der Waals surface area (Å²) in [5, 5.41) is 2.97. The molecule has 0 amide bonds. The molecule has 0 saturated heterocycles. The highest BCUT2D eigenvalue weighted by Crippen LogP contribution is 2.25. The predicted molar refractivity (Wildman–Crippen MR) is 82.9 cm³/mol. The fraction of sp³-hybridized carbons (Fsp3) is 0.357. The third kappa shape index (κ3) is 2.79. The Hall–Kier alpha value is -2.37. The molecule has 0 aliphatic rings. The molecule has 0 fully saturated rings. The zero-order valence-corrected chi connectivity index (χ0v) is 12.5. The topological polar surface area (TPSA) is 57.2 Å². The first kappa shape index (κ1) is 14.0. The monoisotopic (exact) mass is 272 g/mol. The Morgan fingerprint density at radius 3 is 2.20 bits per heavy atom. The Balaban J connectivity index is 2.46. The van der Waals surface area contributed by atoms with Crippen molar-refractivity contribution in [2.45, 2.75) is 6.92 Å². The summed E-state index contributed by atoms with van der Waals surface area (Å²) in [5.41, 5.74) is 2.25. The van der Waals surface area contributed by atoms with Gasteiger partial charge < -0.3 is 15.1 Å². The molecule has 1 aromatic heterocycles. The van der Waals surface area contributed by atoms with E-state index in [9.17, 15) is 0 Å². The van der Waals surface area contributed by atoms with E-state index in [0.717, 1.165) is 5.69 Å². The van der Waals surface area contributed by atoms with Crippen molar-refractivity contribution < 1.29 is 0 Å². The Morgan fingerprint density at radius 1 is 0.950 bits per heavy atom. The molecule has 0 atom stereocenters. The second-order valence-electron chi connectivity index (χ2n) is 4.75. The second-order valence-corrected chi connectivity index (χ2v) is 4.75. The van der Waals surface area contributed by atoms with E-state index in [1.54, 1.807) is 7.05 Å². The van der Waals surface area contributed by atoms with Crippen LogP contribution in [0, 0.1) is 6.92 Å². The fourth-order valence-electron chi connectivity index (χ4n) is 1.86. The number of nitrogens with zero attached hydrogens (tertiary/aromatic N) is 5. The van der Waals surface area contributed by atoms with Gasteiger partial charge >= 0.3 is 0 Å². The largest absolute Gasteiger partial charge is 0.357 e. The molecule has 0 spiro atoms. The predicted octanol–water partition coefficient (Wildman–Crippen LogP) is 2.06. The molecule has 2 rings (SSSR count). The Morgan fingerprint density at radius 2 is 1.60 bits per heavy atom. The van der Waals surface area contributed by atoms with Gasteiger partial charge in [-0.15, -0.1) is 0 Å². The first-order valence-electron chi connectivity index (χ1n) is 6.43. The molecule has 1 aromatic carbocycles. The normalized spacial score (nSPS) is 10.2. The van der Waals surface area contributed by atoms with Crippen molar-refractivity contribution in [1.82, 2.24) is 15.0 Å². The third-order valence-electron chi connectivity index (χ3n) is 3.01. The molecule has 1 N–H and O–H groups in total. The highest BCUT2D eigenvalue weighted by molar-refractivity contribution is 5.62. The maximum Gasteiger partial charge on any atom is 0.236 e. The summed E-state index contributed by atoms with van der Waals surface area (Å²) in [6.07, 6.45) is 0. The van der Waals surface area contributed by atoms with Crippen molar-refractivity contribution in [3.8, 4) is 0 Å². The number of benzene rings is 1. The minimum atomic E-state index is 0.555. The molecule has 0 unspecified atom stereocenters. The number of para-hydroxylation sites is 1. The third-order valence-corrected chi connectivity index (χ3v) is 3.01. The van der Waals surface area contributed by atoms with E-state index < -0.39 is 0 Å². The van der Waals surface area contributed by atoms with E-state index in [0.29, 0.717) is 17.8 Å². The highest BCUT2D eigenvalue weighted by Gasteiger charge is 2.13. The van der Waals surface area contributed by atoms with E-state index in [-0.39, 0.29) is 0 Å². The van der Waals surface area contributed by atoms with Crippen LogP contribution in [0.1, 0.15) is 5.56 Å². The van der Waals surface area contributed by atoms with Crippen LogP contribution in [-0.4, -0.2) is 43.1 Å². The SMILES string of the molecule is CNc1nc(N(C)C)nc(N(C)c2ccccc2C)n1. The van der Waals surface area contributed by atoms with Crippen LogP contribution in [0.2, 0.25) is 0 Å². The molecule has 0 aliphatic carbocycles. The van der Waals surface area contributed by atoms with E-state index in [4.69, 9.17) is 0 Å². The van der Waals surface area contributed by atoms with Crippen LogP contribution in [0.15, 0.2) is 24.3 Å². The van der Waals surface area contributed by atoms with Gasteiger partial charge in [0.05, 0.1) is 0 Å². The Kier molecular flexibility index (Phi) is 4.02. The summed E-state index contributed by atoms with van der Waals surface area (Å²) < 4.78 is 0. The van der Waals surface area contributed by atoms with Gasteiger partial charge in [-0.25, -0.2) is 0 Å². The van der Waals surface area contributed by atoms with Crippen molar-refractivity contribution >= 4 is 23.5 Å². The van der Waals surface area contributed by atoms with E-state index in [1.165, 1.54) is 5.56 Å². The van der Waals surface area contributed by atoms with Crippen LogP contribution in [0.25, 0.3) is 0 Å². The van der Waals surface area contributed by atoms with Gasteiger partial charge in [0.15, 0.2) is 0 Å². The van der Waals surface area contributed by atoms with Gasteiger partial charge in [0.25, 0.3) is 0 Å². The van der Waals surface area contributed by atoms with E-state index in [1.807, 2.05) is 49.1 Å². The number of hydrogen-bond donors (Lipinski definition) is 1. The summed E-state index contributed by atoms with van der Waals surface area (Å²) >= 11 is 0. The molecule has 0 bridgehead atoms. The molecule has 20 heavy (non-hydrogen) atoms. The second kappa shape index (κ2) is 5.73. The first-order valence-corrected chi connectivity index (χ1v) is 6.43. The molecule has 2 aromatic rings. The lowest BCUT2D eigenvalue weighted by Gasteiger charge is -2.21. The zero-order chi connectivity index (χ0) is 14.7. The molecule has 106 valence electrons. The van der Waals surface area contributed by atoms with Gasteiger partial charge in [0.1, 0.15) is 0 Å². The number of aromatic nitrogens is 3. The summed E-state index contributed by atoms with van der Waals surface area (Å²) in [4.78, 5) is 17.0. The summed E-state index contributed by atoms with van der Waals surface area (Å²) in [5.74, 6) is 1.79. The maximum absolute atomic E-state index is 4.49. The van der Waals surface area contributed by atoms with Crippen LogP contribution >= 0.6 is 0 Å². The highest BCUT2D eigenvalue weighted by atomic mass is 15.3. The standard InChI is InChI=1S/C14H20N6/c1-10-8-6-7-9-11(10)20(5)14-17-12(15-2)16-13(18-14)19(3)4/h6-9H,1-5H3,(H,15,16,17,18). The number of aryl methyl sites for hydroxylation is 1. The van der Waals surface area contributed by atoms with Gasteiger partial charge in [-0.05, 0) is 18.6 Å². The van der Waals surface area contributed by atoms with Crippen LogP contribution in [-0.2, 0) is 0 Å². The van der Waals surface area contributed by atoms with Crippen molar-refractivity contribution in [2.75, 3.05) is 43.3 Å². The zero-order valence-electron chi connectivity index (χ0n) is 12.5. The van der Waals surface area contributed by atoms with Gasteiger partial charge in [0, 0.05) is 33.9 Å². The number of hydrogen-bond acceptors (Lipinski definition) is 6. The van der Waals surface area contributed by atoms with Gasteiger partial charge in [-0.2, -0.15) is 15.0 Å². The summed E-state index contributed by atoms with van der Waals surface area (Å²) in [7, 11) is 7.57. The summed E-state index contributed by atoms with van der Waals surface area (Å²) in [6, 6.07) is 8.14. The van der Waals surface area contributed by atoms with Crippen molar-refractivity contribution in [1.29, 1.82) is 0 Å². The molecule has 0 aliphatic heterocycles. The quantitative estimate of drug-likeness (QED) is 0.919. The lowest BCUT2D eigenvalue weighted by atomic mass is 10.2. The molecule has 0 radical (unpaired) electrons. The minimum Gasteiger partial charge on any atom is -0.357 e. The Labute approximate surface area is 119 Å². The Bertz CT molecular complexity index is 596. The smallest absolute Gasteiger partial charge is 0.236 e. The van der Waals surface area contributed by atoms with Crippen molar-refractivity contribution in [3.05, 3.63) is 29.8 Å². The van der Waals surface area contributed by atoms with Gasteiger partial charge in [0.2, 0.25) is 17.8 Å². The first-order chi connectivity index (χ1) is 9.52. The van der Waals surface area contributed by atoms with Gasteiger partial charge in [-0.1, -0.05) is 18.2 Å². The molecule has 1 heterocycles. The van der Waals surface area contributed by atoms with Crippen LogP contribution in [0.5, 0.6) is 0 Å². The summed E-state index contributed by atoms with van der Waals surface area (Å²) in [6.45, 7) is 2.07. The van der Waals surface area contributed by atoms with Gasteiger partial charge in [-0.3, -0.25) is 0 Å². The van der Waals surface area contributed by atoms with Crippen LogP contribution < -0.4 is 15.1 Å². The van der Waals surface area contributed by atoms with E-state index >= 15 is 0 Å². The average Bonchev–Trinajstić information content (AvgIpc) is 2.46. The molecular formula is C14H20N6. The number of nitrogens with one attached hydrogen (secondary N) is 1. The van der Waals surface area contributed by atoms with Crippen LogP contribution in [0.3, 0.4) is 0 Å². The van der Waals surface area contributed by atoms with Crippen LogP contribution in [0.4, 0.5) is 23.5 Å². The number of anilines is 4. The molecule has 6 heteroatoms.